The number of hydrogen-bond acceptors (Lipinski definition) is 3. The first-order chi connectivity index (χ1) is 9.15. The average molecular weight is 298 g/mol. The molecule has 0 aromatic heterocycles. The van der Waals surface area contributed by atoms with Gasteiger partial charge in [0, 0.05) is 10.6 Å². The van der Waals surface area contributed by atoms with Crippen LogP contribution in [0.25, 0.3) is 0 Å². The molecule has 0 atom stereocenters. The van der Waals surface area contributed by atoms with Crippen molar-refractivity contribution in [2.24, 2.45) is 0 Å². The highest BCUT2D eigenvalue weighted by molar-refractivity contribution is 7.99. The minimum Gasteiger partial charge on any atom is -0.493 e. The van der Waals surface area contributed by atoms with Gasteiger partial charge in [0.2, 0.25) is 0 Å². The van der Waals surface area contributed by atoms with Gasteiger partial charge in [0.25, 0.3) is 0 Å². The van der Waals surface area contributed by atoms with Crippen LogP contribution in [0.1, 0.15) is 0 Å². The molecule has 0 bridgehead atoms. The number of ether oxygens (including phenoxy) is 1. The van der Waals surface area contributed by atoms with Crippen molar-refractivity contribution in [1.82, 2.24) is 0 Å². The number of benzene rings is 2. The van der Waals surface area contributed by atoms with E-state index in [0.29, 0.717) is 23.1 Å². The normalized spacial score (nSPS) is 10.4. The summed E-state index contributed by atoms with van der Waals surface area (Å²) in [6.07, 6.45) is 0. The van der Waals surface area contributed by atoms with Crippen molar-refractivity contribution in [3.05, 3.63) is 53.3 Å². The van der Waals surface area contributed by atoms with Gasteiger partial charge in [-0.25, -0.2) is 4.39 Å². The summed E-state index contributed by atoms with van der Waals surface area (Å²) in [7, 11) is 0. The highest BCUT2D eigenvalue weighted by atomic mass is 35.5. The molecule has 0 spiro atoms. The van der Waals surface area contributed by atoms with E-state index in [0.717, 1.165) is 10.6 Å². The Bertz CT molecular complexity index is 548. The summed E-state index contributed by atoms with van der Waals surface area (Å²) in [6.45, 7) is 0.540. The SMILES string of the molecule is Nc1ccc(SCCOc2ccc(F)cc2)cc1Cl. The van der Waals surface area contributed by atoms with Crippen LogP contribution < -0.4 is 10.5 Å². The third-order valence-electron chi connectivity index (χ3n) is 2.41. The highest BCUT2D eigenvalue weighted by Gasteiger charge is 2.00. The lowest BCUT2D eigenvalue weighted by atomic mass is 10.3. The zero-order valence-corrected chi connectivity index (χ0v) is 11.7. The van der Waals surface area contributed by atoms with Crippen molar-refractivity contribution in [2.75, 3.05) is 18.1 Å². The van der Waals surface area contributed by atoms with E-state index in [-0.39, 0.29) is 5.82 Å². The maximum Gasteiger partial charge on any atom is 0.123 e. The second-order valence-electron chi connectivity index (χ2n) is 3.83. The molecule has 19 heavy (non-hydrogen) atoms. The largest absolute Gasteiger partial charge is 0.493 e. The first kappa shape index (κ1) is 14.0. The Balaban J connectivity index is 1.77. The molecule has 0 unspecified atom stereocenters. The van der Waals surface area contributed by atoms with Gasteiger partial charge in [-0.2, -0.15) is 0 Å². The summed E-state index contributed by atoms with van der Waals surface area (Å²) in [4.78, 5) is 1.04. The van der Waals surface area contributed by atoms with Gasteiger partial charge in [-0.15, -0.1) is 11.8 Å². The van der Waals surface area contributed by atoms with Crippen LogP contribution in [-0.4, -0.2) is 12.4 Å². The minimum absolute atomic E-state index is 0.266. The molecule has 100 valence electrons. The summed E-state index contributed by atoms with van der Waals surface area (Å²) >= 11 is 7.56. The van der Waals surface area contributed by atoms with E-state index in [1.165, 1.54) is 12.1 Å². The molecule has 2 N–H and O–H groups in total. The first-order valence-electron chi connectivity index (χ1n) is 5.71. The van der Waals surface area contributed by atoms with Gasteiger partial charge in [-0.1, -0.05) is 11.6 Å². The number of rotatable bonds is 5. The molecule has 5 heteroatoms. The molecule has 0 heterocycles. The van der Waals surface area contributed by atoms with Crippen molar-refractivity contribution >= 4 is 29.1 Å². The van der Waals surface area contributed by atoms with Crippen molar-refractivity contribution < 1.29 is 9.13 Å². The van der Waals surface area contributed by atoms with Crippen LogP contribution in [-0.2, 0) is 0 Å². The Hall–Kier alpha value is -1.39. The Morgan fingerprint density at radius 2 is 1.89 bits per heavy atom. The fraction of sp³-hybridized carbons (Fsp3) is 0.143. The molecule has 0 aliphatic rings. The fourth-order valence-corrected chi connectivity index (χ4v) is 2.46. The van der Waals surface area contributed by atoms with Gasteiger partial charge >= 0.3 is 0 Å². The van der Waals surface area contributed by atoms with Gasteiger partial charge in [0.1, 0.15) is 11.6 Å². The number of nitrogen functional groups attached to an aromatic ring is 1. The van der Waals surface area contributed by atoms with Crippen LogP contribution >= 0.6 is 23.4 Å². The van der Waals surface area contributed by atoms with E-state index in [2.05, 4.69) is 0 Å². The summed E-state index contributed by atoms with van der Waals surface area (Å²) in [5, 5.41) is 0.560. The summed E-state index contributed by atoms with van der Waals surface area (Å²) in [5.74, 6) is 1.17. The van der Waals surface area contributed by atoms with E-state index in [4.69, 9.17) is 22.1 Å². The topological polar surface area (TPSA) is 35.2 Å². The third-order valence-corrected chi connectivity index (χ3v) is 3.69. The van der Waals surface area contributed by atoms with Crippen LogP contribution in [0.4, 0.5) is 10.1 Å². The van der Waals surface area contributed by atoms with E-state index >= 15 is 0 Å². The Labute approximate surface area is 120 Å². The van der Waals surface area contributed by atoms with Gasteiger partial charge in [-0.05, 0) is 42.5 Å². The monoisotopic (exact) mass is 297 g/mol. The van der Waals surface area contributed by atoms with Gasteiger partial charge in [-0.3, -0.25) is 0 Å². The lowest BCUT2D eigenvalue weighted by Gasteiger charge is -2.06. The molecule has 0 aliphatic heterocycles. The van der Waals surface area contributed by atoms with Crippen LogP contribution in [0.5, 0.6) is 5.75 Å². The Morgan fingerprint density at radius 3 is 2.58 bits per heavy atom. The third kappa shape index (κ3) is 4.33. The Kier molecular flexibility index (Phi) is 4.93. The molecule has 2 rings (SSSR count). The predicted molar refractivity (Wildman–Crippen MR) is 78.5 cm³/mol. The first-order valence-corrected chi connectivity index (χ1v) is 7.08. The smallest absolute Gasteiger partial charge is 0.123 e. The van der Waals surface area contributed by atoms with E-state index in [1.54, 1.807) is 30.0 Å². The zero-order valence-electron chi connectivity index (χ0n) is 10.1. The number of nitrogens with two attached hydrogens (primary N) is 1. The molecule has 0 radical (unpaired) electrons. The van der Waals surface area contributed by atoms with Crippen molar-refractivity contribution in [1.29, 1.82) is 0 Å². The van der Waals surface area contributed by atoms with Gasteiger partial charge < -0.3 is 10.5 Å². The molecular formula is C14H13ClFNOS. The van der Waals surface area contributed by atoms with E-state index < -0.39 is 0 Å². The lowest BCUT2D eigenvalue weighted by Crippen LogP contribution is -2.00. The molecule has 0 saturated carbocycles. The predicted octanol–water partition coefficient (Wildman–Crippen LogP) is 4.23. The van der Waals surface area contributed by atoms with Crippen molar-refractivity contribution in [3.8, 4) is 5.75 Å². The molecule has 0 fully saturated rings. The lowest BCUT2D eigenvalue weighted by molar-refractivity contribution is 0.343. The molecule has 2 nitrogen and oxygen atoms in total. The van der Waals surface area contributed by atoms with Crippen molar-refractivity contribution in [3.63, 3.8) is 0 Å². The second kappa shape index (κ2) is 6.68. The molecule has 2 aromatic carbocycles. The van der Waals surface area contributed by atoms with Gasteiger partial charge in [0.05, 0.1) is 17.3 Å². The summed E-state index contributed by atoms with van der Waals surface area (Å²) < 4.78 is 18.2. The summed E-state index contributed by atoms with van der Waals surface area (Å²) in [6, 6.07) is 11.5. The van der Waals surface area contributed by atoms with Crippen molar-refractivity contribution in [2.45, 2.75) is 4.90 Å². The van der Waals surface area contributed by atoms with Gasteiger partial charge in [0.15, 0.2) is 0 Å². The maximum absolute atomic E-state index is 12.7. The minimum atomic E-state index is -0.266. The number of hydrogen-bond donors (Lipinski definition) is 1. The zero-order chi connectivity index (χ0) is 13.7. The molecule has 2 aromatic rings. The highest BCUT2D eigenvalue weighted by Crippen LogP contribution is 2.26. The number of anilines is 1. The van der Waals surface area contributed by atoms with Crippen LogP contribution in [0.2, 0.25) is 5.02 Å². The summed E-state index contributed by atoms with van der Waals surface area (Å²) in [5.41, 5.74) is 6.21. The standard InChI is InChI=1S/C14H13ClFNOS/c15-13-9-12(5-6-14(13)17)19-8-7-18-11-3-1-10(16)2-4-11/h1-6,9H,7-8,17H2. The molecular weight excluding hydrogens is 285 g/mol. The average Bonchev–Trinajstić information content (AvgIpc) is 2.41. The van der Waals surface area contributed by atoms with E-state index in [1.807, 2.05) is 12.1 Å². The van der Waals surface area contributed by atoms with Crippen LogP contribution in [0, 0.1) is 5.82 Å². The van der Waals surface area contributed by atoms with Crippen LogP contribution in [0.3, 0.4) is 0 Å². The number of halogens is 2. The second-order valence-corrected chi connectivity index (χ2v) is 5.41. The molecule has 0 aliphatic carbocycles. The maximum atomic E-state index is 12.7. The molecule has 0 amide bonds. The van der Waals surface area contributed by atoms with Crippen LogP contribution in [0.15, 0.2) is 47.4 Å². The Morgan fingerprint density at radius 1 is 1.16 bits per heavy atom. The number of thioether (sulfide) groups is 1. The quantitative estimate of drug-likeness (QED) is 0.509. The van der Waals surface area contributed by atoms with E-state index in [9.17, 15) is 4.39 Å². The fourth-order valence-electron chi connectivity index (χ4n) is 1.45. The molecule has 0 saturated heterocycles.